The molecular formula is C18H18ClNO3. The van der Waals surface area contributed by atoms with E-state index in [0.29, 0.717) is 24.9 Å². The number of carboxylic acid groups (broad SMARTS) is 1. The van der Waals surface area contributed by atoms with Gasteiger partial charge in [0.1, 0.15) is 5.75 Å². The van der Waals surface area contributed by atoms with Crippen LogP contribution in [0, 0.1) is 11.8 Å². The molecule has 1 saturated heterocycles. The van der Waals surface area contributed by atoms with Crippen LogP contribution in [0.4, 0.5) is 4.79 Å². The number of benzene rings is 2. The van der Waals surface area contributed by atoms with E-state index in [1.165, 1.54) is 4.90 Å². The average Bonchev–Trinajstić information content (AvgIpc) is 3.09. The minimum Gasteiger partial charge on any atom is -0.490 e. The molecule has 0 spiro atoms. The number of rotatable bonds is 2. The summed E-state index contributed by atoms with van der Waals surface area (Å²) in [4.78, 5) is 12.6. The summed E-state index contributed by atoms with van der Waals surface area (Å²) in [6.07, 6.45) is 1.20. The van der Waals surface area contributed by atoms with Crippen LogP contribution in [0.3, 0.4) is 0 Å². The van der Waals surface area contributed by atoms with Gasteiger partial charge in [0.05, 0.1) is 6.10 Å². The van der Waals surface area contributed by atoms with Gasteiger partial charge in [0.25, 0.3) is 0 Å². The third-order valence-corrected chi connectivity index (χ3v) is 5.43. The van der Waals surface area contributed by atoms with E-state index in [4.69, 9.17) is 21.4 Å². The molecule has 1 amide bonds. The summed E-state index contributed by atoms with van der Waals surface area (Å²) >= 11 is 6.25. The highest BCUT2D eigenvalue weighted by Gasteiger charge is 2.43. The van der Waals surface area contributed by atoms with Gasteiger partial charge in [-0.15, -0.1) is 0 Å². The second-order valence-electron chi connectivity index (χ2n) is 6.51. The lowest BCUT2D eigenvalue weighted by atomic mass is 10.0. The lowest BCUT2D eigenvalue weighted by Crippen LogP contribution is -2.29. The maximum absolute atomic E-state index is 11.1. The molecule has 1 heterocycles. The number of ether oxygens (including phenoxy) is 1. The molecule has 2 aromatic rings. The van der Waals surface area contributed by atoms with Crippen LogP contribution in [0.15, 0.2) is 36.4 Å². The van der Waals surface area contributed by atoms with Gasteiger partial charge in [-0.25, -0.2) is 4.79 Å². The van der Waals surface area contributed by atoms with Crippen molar-refractivity contribution in [2.24, 2.45) is 11.8 Å². The van der Waals surface area contributed by atoms with Crippen LogP contribution in [0.25, 0.3) is 10.8 Å². The van der Waals surface area contributed by atoms with E-state index in [9.17, 15) is 4.79 Å². The molecule has 3 atom stereocenters. The van der Waals surface area contributed by atoms with Crippen molar-refractivity contribution in [3.63, 3.8) is 0 Å². The van der Waals surface area contributed by atoms with Gasteiger partial charge in [0.2, 0.25) is 0 Å². The van der Waals surface area contributed by atoms with Crippen molar-refractivity contribution < 1.29 is 14.6 Å². The molecule has 2 fully saturated rings. The molecule has 2 aliphatic rings. The zero-order valence-corrected chi connectivity index (χ0v) is 13.4. The van der Waals surface area contributed by atoms with E-state index in [1.807, 2.05) is 36.4 Å². The summed E-state index contributed by atoms with van der Waals surface area (Å²) in [5, 5.41) is 11.9. The van der Waals surface area contributed by atoms with E-state index in [2.05, 4.69) is 0 Å². The summed E-state index contributed by atoms with van der Waals surface area (Å²) in [6.45, 7) is 1.28. The van der Waals surface area contributed by atoms with Crippen LogP contribution < -0.4 is 4.74 Å². The summed E-state index contributed by atoms with van der Waals surface area (Å²) in [5.74, 6) is 1.72. The van der Waals surface area contributed by atoms with Gasteiger partial charge >= 0.3 is 6.09 Å². The highest BCUT2D eigenvalue weighted by atomic mass is 35.5. The molecule has 120 valence electrons. The summed E-state index contributed by atoms with van der Waals surface area (Å²) in [7, 11) is 0. The Bertz CT molecular complexity index is 749. The number of hydrogen-bond acceptors (Lipinski definition) is 2. The SMILES string of the molecule is O=C(O)N1C[C@H]2C[C@@H](Oc3ccc(Cl)c4ccccc34)C[C@H]2C1. The molecule has 2 aromatic carbocycles. The van der Waals surface area contributed by atoms with Crippen LogP contribution in [0.5, 0.6) is 5.75 Å². The Morgan fingerprint density at radius 3 is 2.39 bits per heavy atom. The molecular weight excluding hydrogens is 314 g/mol. The Balaban J connectivity index is 1.51. The van der Waals surface area contributed by atoms with Gasteiger partial charge in [-0.1, -0.05) is 35.9 Å². The third-order valence-electron chi connectivity index (χ3n) is 5.10. The highest BCUT2D eigenvalue weighted by Crippen LogP contribution is 2.41. The zero-order valence-electron chi connectivity index (χ0n) is 12.6. The molecule has 1 saturated carbocycles. The van der Waals surface area contributed by atoms with Crippen molar-refractivity contribution >= 4 is 28.5 Å². The Morgan fingerprint density at radius 1 is 1.09 bits per heavy atom. The van der Waals surface area contributed by atoms with Crippen molar-refractivity contribution in [3.05, 3.63) is 41.4 Å². The van der Waals surface area contributed by atoms with Crippen molar-refractivity contribution in [1.29, 1.82) is 0 Å². The molecule has 0 bridgehead atoms. The van der Waals surface area contributed by atoms with Crippen LogP contribution >= 0.6 is 11.6 Å². The monoisotopic (exact) mass is 331 g/mol. The van der Waals surface area contributed by atoms with Gasteiger partial charge in [-0.3, -0.25) is 0 Å². The lowest BCUT2D eigenvalue weighted by Gasteiger charge is -2.19. The normalized spacial score (nSPS) is 26.5. The topological polar surface area (TPSA) is 49.8 Å². The molecule has 4 nitrogen and oxygen atoms in total. The Labute approximate surface area is 139 Å². The molecule has 1 N–H and O–H groups in total. The maximum atomic E-state index is 11.1. The fourth-order valence-electron chi connectivity index (χ4n) is 4.01. The number of halogens is 1. The van der Waals surface area contributed by atoms with E-state index in [1.54, 1.807) is 0 Å². The van der Waals surface area contributed by atoms with Gasteiger partial charge in [-0.2, -0.15) is 0 Å². The van der Waals surface area contributed by atoms with Gasteiger partial charge in [0.15, 0.2) is 0 Å². The molecule has 0 radical (unpaired) electrons. The molecule has 0 aromatic heterocycles. The first kappa shape index (κ1) is 14.6. The van der Waals surface area contributed by atoms with Crippen LogP contribution in [0.2, 0.25) is 5.02 Å². The van der Waals surface area contributed by atoms with Crippen LogP contribution in [-0.4, -0.2) is 35.3 Å². The van der Waals surface area contributed by atoms with E-state index < -0.39 is 6.09 Å². The molecule has 1 aliphatic carbocycles. The molecule has 1 aliphatic heterocycles. The summed E-state index contributed by atoms with van der Waals surface area (Å²) in [5.41, 5.74) is 0. The van der Waals surface area contributed by atoms with Gasteiger partial charge in [0, 0.05) is 28.9 Å². The van der Waals surface area contributed by atoms with E-state index in [0.717, 1.165) is 34.4 Å². The first-order valence-corrected chi connectivity index (χ1v) is 8.31. The Hall–Kier alpha value is -1.94. The number of nitrogens with zero attached hydrogens (tertiary/aromatic N) is 1. The van der Waals surface area contributed by atoms with Gasteiger partial charge in [-0.05, 0) is 36.8 Å². The number of hydrogen-bond donors (Lipinski definition) is 1. The number of likely N-dealkylation sites (tertiary alicyclic amines) is 1. The Morgan fingerprint density at radius 2 is 1.74 bits per heavy atom. The first-order valence-electron chi connectivity index (χ1n) is 7.93. The van der Waals surface area contributed by atoms with Crippen molar-refractivity contribution in [2.45, 2.75) is 18.9 Å². The minimum absolute atomic E-state index is 0.158. The minimum atomic E-state index is -0.805. The highest BCUT2D eigenvalue weighted by molar-refractivity contribution is 6.35. The fraction of sp³-hybridized carbons (Fsp3) is 0.389. The fourth-order valence-corrected chi connectivity index (χ4v) is 4.24. The lowest BCUT2D eigenvalue weighted by molar-refractivity contribution is 0.144. The predicted octanol–water partition coefficient (Wildman–Crippen LogP) is 4.26. The van der Waals surface area contributed by atoms with Gasteiger partial charge < -0.3 is 14.7 Å². The summed E-state index contributed by atoms with van der Waals surface area (Å²) in [6, 6.07) is 11.8. The third kappa shape index (κ3) is 2.61. The van der Waals surface area contributed by atoms with Crippen LogP contribution in [-0.2, 0) is 0 Å². The predicted molar refractivity (Wildman–Crippen MR) is 89.2 cm³/mol. The standard InChI is InChI=1S/C18H18ClNO3/c19-16-5-6-17(15-4-2-1-3-14(15)16)23-13-7-11-9-20(18(21)22)10-12(11)8-13/h1-6,11-13H,7-10H2,(H,21,22)/t11-,12+,13-. The zero-order chi connectivity index (χ0) is 16.0. The van der Waals surface area contributed by atoms with Crippen molar-refractivity contribution in [2.75, 3.05) is 13.1 Å². The molecule has 5 heteroatoms. The maximum Gasteiger partial charge on any atom is 0.407 e. The number of amides is 1. The summed E-state index contributed by atoms with van der Waals surface area (Å²) < 4.78 is 6.25. The molecule has 4 rings (SSSR count). The van der Waals surface area contributed by atoms with E-state index >= 15 is 0 Å². The largest absolute Gasteiger partial charge is 0.490 e. The first-order chi connectivity index (χ1) is 11.1. The van der Waals surface area contributed by atoms with Crippen LogP contribution in [0.1, 0.15) is 12.8 Å². The van der Waals surface area contributed by atoms with E-state index in [-0.39, 0.29) is 6.10 Å². The second-order valence-corrected chi connectivity index (χ2v) is 6.92. The smallest absolute Gasteiger partial charge is 0.407 e. The quantitative estimate of drug-likeness (QED) is 0.894. The van der Waals surface area contributed by atoms with Crippen molar-refractivity contribution in [1.82, 2.24) is 4.90 Å². The number of fused-ring (bicyclic) bond motifs is 2. The molecule has 23 heavy (non-hydrogen) atoms. The number of carbonyl (C=O) groups is 1. The van der Waals surface area contributed by atoms with Crippen molar-refractivity contribution in [3.8, 4) is 5.75 Å². The molecule has 0 unspecified atom stereocenters. The Kier molecular flexibility index (Phi) is 3.57. The second kappa shape index (κ2) is 5.60. The average molecular weight is 332 g/mol.